The van der Waals surface area contributed by atoms with Gasteiger partial charge < -0.3 is 13.9 Å². The molecule has 1 aliphatic rings. The number of anilines is 1. The summed E-state index contributed by atoms with van der Waals surface area (Å²) in [6.07, 6.45) is 1.68. The highest BCUT2D eigenvalue weighted by molar-refractivity contribution is 5.30. The fourth-order valence-corrected chi connectivity index (χ4v) is 3.03. The summed E-state index contributed by atoms with van der Waals surface area (Å²) in [6.45, 7) is 3.65. The first-order valence-corrected chi connectivity index (χ1v) is 7.52. The Labute approximate surface area is 129 Å². The Balaban J connectivity index is 1.66. The second-order valence-corrected chi connectivity index (χ2v) is 6.05. The van der Waals surface area contributed by atoms with Gasteiger partial charge in [-0.1, -0.05) is 5.10 Å². The van der Waals surface area contributed by atoms with Gasteiger partial charge in [-0.2, -0.15) is 0 Å². The lowest BCUT2D eigenvalue weighted by molar-refractivity contribution is 0.283. The average molecular weight is 307 g/mol. The number of aryl methyl sites for hydroxylation is 2. The molecule has 120 valence electrons. The SMILES string of the molecule is Cc1nnc(N2C[C@@H](F)C[C@H]2CN(C)Cc2cccn2C)o1. The van der Waals surface area contributed by atoms with E-state index in [1.165, 1.54) is 5.69 Å². The monoisotopic (exact) mass is 307 g/mol. The maximum atomic E-state index is 13.9. The van der Waals surface area contributed by atoms with Gasteiger partial charge in [0.2, 0.25) is 5.89 Å². The maximum absolute atomic E-state index is 13.9. The first-order chi connectivity index (χ1) is 10.5. The molecule has 2 aromatic rings. The molecule has 1 fully saturated rings. The van der Waals surface area contributed by atoms with E-state index in [0.29, 0.717) is 24.9 Å². The quantitative estimate of drug-likeness (QED) is 0.842. The fourth-order valence-electron chi connectivity index (χ4n) is 3.03. The summed E-state index contributed by atoms with van der Waals surface area (Å²) < 4.78 is 21.4. The summed E-state index contributed by atoms with van der Waals surface area (Å²) in [7, 11) is 4.08. The zero-order chi connectivity index (χ0) is 15.7. The van der Waals surface area contributed by atoms with E-state index in [0.717, 1.165) is 13.1 Å². The van der Waals surface area contributed by atoms with E-state index in [-0.39, 0.29) is 6.04 Å². The molecule has 0 amide bonds. The molecule has 2 aromatic heterocycles. The molecule has 22 heavy (non-hydrogen) atoms. The van der Waals surface area contributed by atoms with Crippen LogP contribution in [0.2, 0.25) is 0 Å². The second kappa shape index (κ2) is 6.08. The molecular weight excluding hydrogens is 285 g/mol. The third-order valence-corrected chi connectivity index (χ3v) is 4.13. The van der Waals surface area contributed by atoms with Crippen molar-refractivity contribution in [1.82, 2.24) is 19.7 Å². The molecule has 3 rings (SSSR count). The number of alkyl halides is 1. The zero-order valence-corrected chi connectivity index (χ0v) is 13.2. The lowest BCUT2D eigenvalue weighted by Gasteiger charge is -2.27. The topological polar surface area (TPSA) is 50.3 Å². The molecule has 0 saturated carbocycles. The number of nitrogens with zero attached hydrogens (tertiary/aromatic N) is 5. The minimum atomic E-state index is -0.847. The largest absolute Gasteiger partial charge is 0.408 e. The van der Waals surface area contributed by atoms with Gasteiger partial charge in [-0.05, 0) is 19.2 Å². The van der Waals surface area contributed by atoms with Crippen LogP contribution in [0.1, 0.15) is 18.0 Å². The molecule has 6 nitrogen and oxygen atoms in total. The third-order valence-electron chi connectivity index (χ3n) is 4.13. The average Bonchev–Trinajstić information content (AvgIpc) is 3.13. The highest BCUT2D eigenvalue weighted by Crippen LogP contribution is 2.27. The van der Waals surface area contributed by atoms with Crippen molar-refractivity contribution in [2.45, 2.75) is 32.1 Å². The number of halogens is 1. The van der Waals surface area contributed by atoms with Gasteiger partial charge in [0.1, 0.15) is 6.17 Å². The normalized spacial score (nSPS) is 22.0. The Morgan fingerprint density at radius 1 is 1.45 bits per heavy atom. The van der Waals surface area contributed by atoms with Crippen LogP contribution in [0.15, 0.2) is 22.7 Å². The molecule has 0 unspecified atom stereocenters. The molecular formula is C15H22FN5O. The Morgan fingerprint density at radius 2 is 2.27 bits per heavy atom. The molecule has 0 bridgehead atoms. The van der Waals surface area contributed by atoms with E-state index in [2.05, 4.69) is 32.8 Å². The predicted octanol–water partition coefficient (Wildman–Crippen LogP) is 1.77. The van der Waals surface area contributed by atoms with Crippen LogP contribution in [0.3, 0.4) is 0 Å². The number of hydrogen-bond acceptors (Lipinski definition) is 5. The van der Waals surface area contributed by atoms with Crippen molar-refractivity contribution in [2.24, 2.45) is 7.05 Å². The van der Waals surface area contributed by atoms with E-state index in [1.807, 2.05) is 24.2 Å². The van der Waals surface area contributed by atoms with Gasteiger partial charge in [-0.25, -0.2) is 4.39 Å². The van der Waals surface area contributed by atoms with Crippen LogP contribution in [0.25, 0.3) is 0 Å². The van der Waals surface area contributed by atoms with E-state index in [1.54, 1.807) is 6.92 Å². The number of hydrogen-bond donors (Lipinski definition) is 0. The summed E-state index contributed by atoms with van der Waals surface area (Å²) in [5, 5.41) is 7.87. The second-order valence-electron chi connectivity index (χ2n) is 6.05. The van der Waals surface area contributed by atoms with Gasteiger partial charge in [0, 0.05) is 51.4 Å². The standard InChI is InChI=1S/C15H22FN5O/c1-11-17-18-15(22-11)21-8-12(16)7-14(21)10-19(2)9-13-5-4-6-20(13)3/h4-6,12,14H,7-10H2,1-3H3/t12-,14-/m0/s1. The number of rotatable bonds is 5. The number of likely N-dealkylation sites (N-methyl/N-ethyl adjacent to an activating group) is 1. The summed E-state index contributed by atoms with van der Waals surface area (Å²) in [6, 6.07) is 4.61. The summed E-state index contributed by atoms with van der Waals surface area (Å²) >= 11 is 0. The van der Waals surface area contributed by atoms with E-state index >= 15 is 0 Å². The Bertz CT molecular complexity index is 625. The lowest BCUT2D eigenvalue weighted by atomic mass is 10.2. The van der Waals surface area contributed by atoms with Crippen molar-refractivity contribution in [1.29, 1.82) is 0 Å². The van der Waals surface area contributed by atoms with Crippen LogP contribution in [0, 0.1) is 6.92 Å². The van der Waals surface area contributed by atoms with Crippen LogP contribution >= 0.6 is 0 Å². The molecule has 1 aliphatic heterocycles. The molecule has 2 atom stereocenters. The van der Waals surface area contributed by atoms with Crippen LogP contribution in [-0.2, 0) is 13.6 Å². The van der Waals surface area contributed by atoms with Crippen molar-refractivity contribution in [3.05, 3.63) is 29.9 Å². The maximum Gasteiger partial charge on any atom is 0.318 e. The van der Waals surface area contributed by atoms with Gasteiger partial charge >= 0.3 is 6.01 Å². The summed E-state index contributed by atoms with van der Waals surface area (Å²) in [5.41, 5.74) is 1.23. The van der Waals surface area contributed by atoms with Crippen LogP contribution < -0.4 is 4.90 Å². The van der Waals surface area contributed by atoms with Gasteiger partial charge in [-0.3, -0.25) is 4.90 Å². The fraction of sp³-hybridized carbons (Fsp3) is 0.600. The minimum absolute atomic E-state index is 0.0557. The highest BCUT2D eigenvalue weighted by Gasteiger charge is 2.35. The molecule has 0 aromatic carbocycles. The van der Waals surface area contributed by atoms with Gasteiger partial charge in [0.15, 0.2) is 0 Å². The molecule has 0 aliphatic carbocycles. The summed E-state index contributed by atoms with van der Waals surface area (Å²) in [5.74, 6) is 0.508. The Morgan fingerprint density at radius 3 is 2.91 bits per heavy atom. The molecule has 0 spiro atoms. The van der Waals surface area contributed by atoms with Gasteiger partial charge in [0.05, 0.1) is 6.54 Å². The van der Waals surface area contributed by atoms with Crippen LogP contribution in [0.5, 0.6) is 0 Å². The van der Waals surface area contributed by atoms with Crippen LogP contribution in [-0.4, -0.2) is 52.0 Å². The van der Waals surface area contributed by atoms with E-state index < -0.39 is 6.17 Å². The van der Waals surface area contributed by atoms with Crippen molar-refractivity contribution < 1.29 is 8.81 Å². The van der Waals surface area contributed by atoms with Crippen LogP contribution in [0.4, 0.5) is 10.4 Å². The molecule has 0 radical (unpaired) electrons. The Kier molecular flexibility index (Phi) is 4.15. The minimum Gasteiger partial charge on any atom is -0.408 e. The van der Waals surface area contributed by atoms with Crippen molar-refractivity contribution in [3.63, 3.8) is 0 Å². The van der Waals surface area contributed by atoms with Gasteiger partial charge in [-0.15, -0.1) is 5.10 Å². The first-order valence-electron chi connectivity index (χ1n) is 7.52. The van der Waals surface area contributed by atoms with Crippen molar-refractivity contribution >= 4 is 6.01 Å². The van der Waals surface area contributed by atoms with E-state index in [4.69, 9.17) is 4.42 Å². The molecule has 1 saturated heterocycles. The zero-order valence-electron chi connectivity index (χ0n) is 13.2. The lowest BCUT2D eigenvalue weighted by Crippen LogP contribution is -2.39. The van der Waals surface area contributed by atoms with Gasteiger partial charge in [0.25, 0.3) is 0 Å². The molecule has 0 N–H and O–H groups in total. The number of aromatic nitrogens is 3. The first kappa shape index (κ1) is 15.0. The third kappa shape index (κ3) is 3.14. The Hall–Kier alpha value is -1.89. The van der Waals surface area contributed by atoms with E-state index in [9.17, 15) is 4.39 Å². The summed E-state index contributed by atoms with van der Waals surface area (Å²) in [4.78, 5) is 4.10. The van der Waals surface area contributed by atoms with Crippen molar-refractivity contribution in [3.8, 4) is 0 Å². The smallest absolute Gasteiger partial charge is 0.318 e. The molecule has 3 heterocycles. The predicted molar refractivity (Wildman–Crippen MR) is 81.4 cm³/mol. The highest BCUT2D eigenvalue weighted by atomic mass is 19.1. The van der Waals surface area contributed by atoms with Crippen molar-refractivity contribution in [2.75, 3.05) is 25.0 Å². The molecule has 7 heteroatoms.